The molecule has 1 unspecified atom stereocenters. The minimum atomic E-state index is -0.520. The lowest BCUT2D eigenvalue weighted by Crippen LogP contribution is -2.27. The van der Waals surface area contributed by atoms with Gasteiger partial charge in [0, 0.05) is 16.5 Å². The summed E-state index contributed by atoms with van der Waals surface area (Å²) in [4.78, 5) is 13.2. The Bertz CT molecular complexity index is 1040. The van der Waals surface area contributed by atoms with Crippen molar-refractivity contribution in [2.45, 2.75) is 51.1 Å². The van der Waals surface area contributed by atoms with Crippen molar-refractivity contribution in [3.05, 3.63) is 63.7 Å². The number of hydrogen-bond donors (Lipinski definition) is 2. The number of carbonyl (C=O) groups is 1. The number of nitrogens with one attached hydrogen (secondary N) is 1. The van der Waals surface area contributed by atoms with Crippen molar-refractivity contribution in [3.63, 3.8) is 0 Å². The number of benzene rings is 2. The predicted octanol–water partition coefficient (Wildman–Crippen LogP) is 5.32. The number of thioether (sulfide) groups is 1. The zero-order chi connectivity index (χ0) is 21.8. The maximum absolute atomic E-state index is 13.2. The third kappa shape index (κ3) is 4.79. The fraction of sp³-hybridized carbons (Fsp3) is 0.318. The topological polar surface area (TPSA) is 85.8 Å². The van der Waals surface area contributed by atoms with Gasteiger partial charge in [-0.1, -0.05) is 66.2 Å². The molecule has 1 atom stereocenters. The van der Waals surface area contributed by atoms with E-state index in [9.17, 15) is 4.79 Å². The van der Waals surface area contributed by atoms with Crippen LogP contribution in [0.4, 0.5) is 11.6 Å². The average molecular weight is 444 g/mol. The summed E-state index contributed by atoms with van der Waals surface area (Å²) in [5, 5.41) is 12.6. The molecule has 0 saturated carbocycles. The van der Waals surface area contributed by atoms with Crippen molar-refractivity contribution in [1.82, 2.24) is 14.8 Å². The molecule has 0 bridgehead atoms. The fourth-order valence-corrected chi connectivity index (χ4v) is 4.78. The Balaban J connectivity index is 1.84. The van der Waals surface area contributed by atoms with Crippen molar-refractivity contribution in [1.29, 1.82) is 0 Å². The van der Waals surface area contributed by atoms with Crippen LogP contribution in [0, 0.1) is 20.8 Å². The second-order valence-corrected chi connectivity index (χ2v) is 8.63. The van der Waals surface area contributed by atoms with Gasteiger partial charge in [-0.05, 0) is 49.9 Å². The number of anilines is 2. The molecule has 2 aromatic carbocycles. The van der Waals surface area contributed by atoms with Gasteiger partial charge in [-0.25, -0.2) is 0 Å². The molecule has 6 nitrogen and oxygen atoms in total. The number of aryl methyl sites for hydroxylation is 3. The van der Waals surface area contributed by atoms with E-state index in [1.165, 1.54) is 11.8 Å². The van der Waals surface area contributed by atoms with Crippen LogP contribution in [0.2, 0.25) is 5.02 Å². The first-order chi connectivity index (χ1) is 14.3. The summed E-state index contributed by atoms with van der Waals surface area (Å²) in [6.07, 6.45) is 0.553. The lowest BCUT2D eigenvalue weighted by Gasteiger charge is -2.21. The highest BCUT2D eigenvalue weighted by molar-refractivity contribution is 7.98. The van der Waals surface area contributed by atoms with Crippen molar-refractivity contribution >= 4 is 40.9 Å². The van der Waals surface area contributed by atoms with E-state index in [1.807, 2.05) is 52.0 Å². The van der Waals surface area contributed by atoms with Crippen LogP contribution >= 0.6 is 23.4 Å². The molecule has 0 fully saturated rings. The van der Waals surface area contributed by atoms with Gasteiger partial charge in [-0.2, -0.15) is 0 Å². The average Bonchev–Trinajstić information content (AvgIpc) is 3.05. The highest BCUT2D eigenvalue weighted by Gasteiger charge is 2.26. The zero-order valence-electron chi connectivity index (χ0n) is 17.6. The molecule has 8 heteroatoms. The van der Waals surface area contributed by atoms with E-state index in [2.05, 4.69) is 27.6 Å². The van der Waals surface area contributed by atoms with E-state index in [0.717, 1.165) is 27.9 Å². The quantitative estimate of drug-likeness (QED) is 0.482. The van der Waals surface area contributed by atoms with E-state index >= 15 is 0 Å². The van der Waals surface area contributed by atoms with E-state index in [1.54, 1.807) is 4.57 Å². The third-order valence-electron chi connectivity index (χ3n) is 4.93. The fourth-order valence-electron chi connectivity index (χ4n) is 3.51. The first kappa shape index (κ1) is 22.2. The second kappa shape index (κ2) is 9.53. The Morgan fingerprint density at radius 2 is 1.87 bits per heavy atom. The molecule has 30 heavy (non-hydrogen) atoms. The maximum Gasteiger partial charge on any atom is 0.247 e. The molecular formula is C22H26ClN5OS. The van der Waals surface area contributed by atoms with Crippen LogP contribution in [0.15, 0.2) is 41.6 Å². The van der Waals surface area contributed by atoms with Crippen LogP contribution < -0.4 is 11.1 Å². The second-order valence-electron chi connectivity index (χ2n) is 7.28. The summed E-state index contributed by atoms with van der Waals surface area (Å²) in [5.41, 5.74) is 11.1. The van der Waals surface area contributed by atoms with Crippen molar-refractivity contribution in [2.75, 3.05) is 11.1 Å². The van der Waals surface area contributed by atoms with Crippen molar-refractivity contribution < 1.29 is 4.79 Å². The summed E-state index contributed by atoms with van der Waals surface area (Å²) in [6.45, 7) is 7.98. The number of nitrogens with two attached hydrogens (primary N) is 1. The monoisotopic (exact) mass is 443 g/mol. The standard InChI is InChI=1S/C22H26ClN5OS/c1-5-18(20(29)25-19-14(3)10-13(2)11-15(19)4)28-21(24)26-27-22(28)30-12-16-8-6-7-9-17(16)23/h6-11,18H,5,12H2,1-4H3,(H2,24,26)(H,25,29). The van der Waals surface area contributed by atoms with Crippen molar-refractivity contribution in [3.8, 4) is 0 Å². The summed E-state index contributed by atoms with van der Waals surface area (Å²) in [5.74, 6) is 0.682. The Morgan fingerprint density at radius 3 is 2.50 bits per heavy atom. The molecule has 0 aliphatic heterocycles. The predicted molar refractivity (Wildman–Crippen MR) is 124 cm³/mol. The number of rotatable bonds is 7. The maximum atomic E-state index is 13.2. The van der Waals surface area contributed by atoms with E-state index in [4.69, 9.17) is 17.3 Å². The number of carbonyl (C=O) groups excluding carboxylic acids is 1. The van der Waals surface area contributed by atoms with E-state index in [-0.39, 0.29) is 11.9 Å². The SMILES string of the molecule is CCC(C(=O)Nc1c(C)cc(C)cc1C)n1c(N)nnc1SCc1ccccc1Cl. The van der Waals surface area contributed by atoms with Crippen molar-refractivity contribution in [2.24, 2.45) is 0 Å². The van der Waals surface area contributed by atoms with Gasteiger partial charge < -0.3 is 11.1 Å². The summed E-state index contributed by atoms with van der Waals surface area (Å²) in [7, 11) is 0. The molecule has 158 valence electrons. The number of nitrogens with zero attached hydrogens (tertiary/aromatic N) is 3. The van der Waals surface area contributed by atoms with Gasteiger partial charge >= 0.3 is 0 Å². The molecule has 3 aromatic rings. The molecule has 3 N–H and O–H groups in total. The molecule has 0 radical (unpaired) electrons. The molecule has 0 aliphatic rings. The summed E-state index contributed by atoms with van der Waals surface area (Å²) >= 11 is 7.72. The highest BCUT2D eigenvalue weighted by atomic mass is 35.5. The number of aromatic nitrogens is 3. The Labute approximate surface area is 186 Å². The normalized spacial score (nSPS) is 12.0. The third-order valence-corrected chi connectivity index (χ3v) is 6.29. The minimum Gasteiger partial charge on any atom is -0.368 e. The van der Waals surface area contributed by atoms with Gasteiger partial charge in [0.15, 0.2) is 5.16 Å². The molecular weight excluding hydrogens is 418 g/mol. The Morgan fingerprint density at radius 1 is 1.20 bits per heavy atom. The number of hydrogen-bond acceptors (Lipinski definition) is 5. The number of halogens is 1. The van der Waals surface area contributed by atoms with Gasteiger partial charge in [-0.3, -0.25) is 9.36 Å². The van der Waals surface area contributed by atoms with Crippen LogP contribution in [-0.2, 0) is 10.5 Å². The highest BCUT2D eigenvalue weighted by Crippen LogP contribution is 2.31. The summed E-state index contributed by atoms with van der Waals surface area (Å²) < 4.78 is 1.70. The van der Waals surface area contributed by atoms with Crippen LogP contribution in [-0.4, -0.2) is 20.7 Å². The Hall–Kier alpha value is -2.51. The number of nitrogen functional groups attached to an aromatic ring is 1. The largest absolute Gasteiger partial charge is 0.368 e. The Kier molecular flexibility index (Phi) is 7.05. The molecule has 0 spiro atoms. The first-order valence-electron chi connectivity index (χ1n) is 9.77. The minimum absolute atomic E-state index is 0.140. The molecule has 3 rings (SSSR count). The first-order valence-corrected chi connectivity index (χ1v) is 11.1. The van der Waals surface area contributed by atoms with Gasteiger partial charge in [0.25, 0.3) is 0 Å². The zero-order valence-corrected chi connectivity index (χ0v) is 19.1. The van der Waals surface area contributed by atoms with Crippen LogP contribution in [0.25, 0.3) is 0 Å². The molecule has 1 heterocycles. The van der Waals surface area contributed by atoms with Gasteiger partial charge in [-0.15, -0.1) is 10.2 Å². The summed E-state index contributed by atoms with van der Waals surface area (Å²) in [6, 6.07) is 11.2. The molecule has 1 aromatic heterocycles. The number of amides is 1. The van der Waals surface area contributed by atoms with Gasteiger partial charge in [0.2, 0.25) is 11.9 Å². The lowest BCUT2D eigenvalue weighted by molar-refractivity contribution is -0.119. The lowest BCUT2D eigenvalue weighted by atomic mass is 10.0. The van der Waals surface area contributed by atoms with Gasteiger partial charge in [0.1, 0.15) is 6.04 Å². The van der Waals surface area contributed by atoms with Crippen LogP contribution in [0.1, 0.15) is 41.6 Å². The van der Waals surface area contributed by atoms with Crippen LogP contribution in [0.3, 0.4) is 0 Å². The van der Waals surface area contributed by atoms with Crippen LogP contribution in [0.5, 0.6) is 0 Å². The smallest absolute Gasteiger partial charge is 0.247 e. The molecule has 1 amide bonds. The van der Waals surface area contributed by atoms with E-state index < -0.39 is 6.04 Å². The van der Waals surface area contributed by atoms with E-state index in [0.29, 0.717) is 22.4 Å². The molecule has 0 aliphatic carbocycles. The van der Waals surface area contributed by atoms with Gasteiger partial charge in [0.05, 0.1) is 0 Å². The molecule has 0 saturated heterocycles.